The highest BCUT2D eigenvalue weighted by molar-refractivity contribution is 7.15. The Morgan fingerprint density at radius 1 is 1.64 bits per heavy atom. The average Bonchev–Trinajstić information content (AvgIpc) is 2.36. The third-order valence-electron chi connectivity index (χ3n) is 1.67. The summed E-state index contributed by atoms with van der Waals surface area (Å²) in [7, 11) is 0. The second kappa shape index (κ2) is 2.23. The number of fused-ring (bicyclic) bond motifs is 1. The lowest BCUT2D eigenvalue weighted by molar-refractivity contribution is -0.116. The van der Waals surface area contributed by atoms with Gasteiger partial charge in [-0.3, -0.25) is 4.79 Å². The summed E-state index contributed by atoms with van der Waals surface area (Å²) in [4.78, 5) is 11.1. The van der Waals surface area contributed by atoms with Crippen molar-refractivity contribution in [3.8, 4) is 0 Å². The Labute approximate surface area is 68.4 Å². The van der Waals surface area contributed by atoms with E-state index in [0.717, 1.165) is 10.7 Å². The van der Waals surface area contributed by atoms with Crippen LogP contribution in [0.15, 0.2) is 11.4 Å². The molecular weight excluding hydrogens is 160 g/mol. The molecule has 1 aromatic rings. The SMILES string of the molecule is CC1Nc2ccsc2NC1=O. The van der Waals surface area contributed by atoms with Gasteiger partial charge in [0.2, 0.25) is 5.91 Å². The molecule has 0 radical (unpaired) electrons. The Morgan fingerprint density at radius 3 is 3.27 bits per heavy atom. The molecule has 0 spiro atoms. The molecule has 0 bridgehead atoms. The van der Waals surface area contributed by atoms with Crippen LogP contribution in [0.4, 0.5) is 10.7 Å². The van der Waals surface area contributed by atoms with Gasteiger partial charge in [0.05, 0.1) is 5.69 Å². The number of rotatable bonds is 0. The van der Waals surface area contributed by atoms with Crippen LogP contribution >= 0.6 is 11.3 Å². The maximum Gasteiger partial charge on any atom is 0.247 e. The summed E-state index contributed by atoms with van der Waals surface area (Å²) in [5, 5.41) is 8.77. The number of hydrogen-bond acceptors (Lipinski definition) is 3. The molecule has 4 heteroatoms. The molecule has 11 heavy (non-hydrogen) atoms. The van der Waals surface area contributed by atoms with Gasteiger partial charge in [0.1, 0.15) is 11.0 Å². The van der Waals surface area contributed by atoms with Crippen LogP contribution in [0.25, 0.3) is 0 Å². The van der Waals surface area contributed by atoms with Crippen molar-refractivity contribution in [1.29, 1.82) is 0 Å². The quantitative estimate of drug-likeness (QED) is 0.616. The zero-order chi connectivity index (χ0) is 7.84. The van der Waals surface area contributed by atoms with E-state index in [1.165, 1.54) is 11.3 Å². The van der Waals surface area contributed by atoms with E-state index in [2.05, 4.69) is 10.6 Å². The second-order valence-corrected chi connectivity index (χ2v) is 3.43. The number of carbonyl (C=O) groups excluding carboxylic acids is 1. The highest BCUT2D eigenvalue weighted by Gasteiger charge is 2.21. The molecule has 1 aromatic heterocycles. The maximum absolute atomic E-state index is 11.1. The summed E-state index contributed by atoms with van der Waals surface area (Å²) >= 11 is 1.54. The molecule has 1 aliphatic rings. The first-order valence-electron chi connectivity index (χ1n) is 3.42. The van der Waals surface area contributed by atoms with Crippen molar-refractivity contribution >= 4 is 27.9 Å². The van der Waals surface area contributed by atoms with Crippen LogP contribution in [-0.4, -0.2) is 11.9 Å². The van der Waals surface area contributed by atoms with Crippen LogP contribution in [0.2, 0.25) is 0 Å². The van der Waals surface area contributed by atoms with Crippen LogP contribution < -0.4 is 10.6 Å². The summed E-state index contributed by atoms with van der Waals surface area (Å²) in [6, 6.07) is 1.85. The van der Waals surface area contributed by atoms with Crippen LogP contribution in [0, 0.1) is 0 Å². The summed E-state index contributed by atoms with van der Waals surface area (Å²) in [5.74, 6) is 0.0416. The first-order chi connectivity index (χ1) is 5.27. The van der Waals surface area contributed by atoms with E-state index in [1.54, 1.807) is 0 Å². The van der Waals surface area contributed by atoms with E-state index in [9.17, 15) is 4.79 Å². The van der Waals surface area contributed by atoms with Gasteiger partial charge >= 0.3 is 0 Å². The summed E-state index contributed by atoms with van der Waals surface area (Å²) in [6.07, 6.45) is 0. The zero-order valence-corrected chi connectivity index (χ0v) is 6.87. The predicted octanol–water partition coefficient (Wildman–Crippen LogP) is 1.50. The lowest BCUT2D eigenvalue weighted by Crippen LogP contribution is -2.35. The first kappa shape index (κ1) is 6.67. The van der Waals surface area contributed by atoms with Gasteiger partial charge < -0.3 is 10.6 Å². The summed E-state index contributed by atoms with van der Waals surface area (Å²) < 4.78 is 0. The largest absolute Gasteiger partial charge is 0.371 e. The third kappa shape index (κ3) is 0.991. The molecule has 0 aliphatic carbocycles. The third-order valence-corrected chi connectivity index (χ3v) is 2.50. The van der Waals surface area contributed by atoms with Crippen molar-refractivity contribution in [2.24, 2.45) is 0 Å². The van der Waals surface area contributed by atoms with E-state index < -0.39 is 0 Å². The summed E-state index contributed by atoms with van der Waals surface area (Å²) in [5.41, 5.74) is 1.03. The molecule has 2 rings (SSSR count). The van der Waals surface area contributed by atoms with Crippen molar-refractivity contribution < 1.29 is 4.79 Å². The van der Waals surface area contributed by atoms with Crippen molar-refractivity contribution in [2.45, 2.75) is 13.0 Å². The number of amides is 1. The average molecular weight is 168 g/mol. The predicted molar refractivity (Wildman–Crippen MR) is 46.0 cm³/mol. The van der Waals surface area contributed by atoms with Gasteiger partial charge in [-0.2, -0.15) is 0 Å². The molecule has 0 saturated carbocycles. The van der Waals surface area contributed by atoms with Crippen molar-refractivity contribution in [3.05, 3.63) is 11.4 Å². The number of carbonyl (C=O) groups is 1. The van der Waals surface area contributed by atoms with Gasteiger partial charge in [0, 0.05) is 0 Å². The molecule has 58 valence electrons. The van der Waals surface area contributed by atoms with E-state index in [1.807, 2.05) is 18.4 Å². The molecule has 1 amide bonds. The molecule has 0 aromatic carbocycles. The van der Waals surface area contributed by atoms with Gasteiger partial charge in [-0.05, 0) is 18.4 Å². The number of anilines is 2. The van der Waals surface area contributed by atoms with Gasteiger partial charge in [0.25, 0.3) is 0 Å². The number of thiophene rings is 1. The molecule has 1 unspecified atom stereocenters. The van der Waals surface area contributed by atoms with E-state index in [-0.39, 0.29) is 11.9 Å². The van der Waals surface area contributed by atoms with Gasteiger partial charge in [-0.25, -0.2) is 0 Å². The second-order valence-electron chi connectivity index (χ2n) is 2.52. The molecule has 0 fully saturated rings. The molecule has 2 heterocycles. The molecule has 2 N–H and O–H groups in total. The molecule has 1 aliphatic heterocycles. The first-order valence-corrected chi connectivity index (χ1v) is 4.30. The topological polar surface area (TPSA) is 41.1 Å². The molecule has 0 saturated heterocycles. The molecule has 3 nitrogen and oxygen atoms in total. The van der Waals surface area contributed by atoms with E-state index >= 15 is 0 Å². The van der Waals surface area contributed by atoms with Crippen molar-refractivity contribution in [1.82, 2.24) is 0 Å². The normalized spacial score (nSPS) is 21.9. The Kier molecular flexibility index (Phi) is 1.35. The van der Waals surface area contributed by atoms with Gasteiger partial charge in [-0.15, -0.1) is 11.3 Å². The van der Waals surface area contributed by atoms with Crippen LogP contribution in [0.3, 0.4) is 0 Å². The van der Waals surface area contributed by atoms with E-state index in [4.69, 9.17) is 0 Å². The van der Waals surface area contributed by atoms with Crippen LogP contribution in [-0.2, 0) is 4.79 Å². The highest BCUT2D eigenvalue weighted by atomic mass is 32.1. The van der Waals surface area contributed by atoms with Crippen LogP contribution in [0.1, 0.15) is 6.92 Å². The van der Waals surface area contributed by atoms with Gasteiger partial charge in [0.15, 0.2) is 0 Å². The van der Waals surface area contributed by atoms with Crippen molar-refractivity contribution in [3.63, 3.8) is 0 Å². The Morgan fingerprint density at radius 2 is 2.45 bits per heavy atom. The Balaban J connectivity index is 2.37. The van der Waals surface area contributed by atoms with Gasteiger partial charge in [-0.1, -0.05) is 0 Å². The minimum Gasteiger partial charge on any atom is -0.371 e. The fourth-order valence-electron chi connectivity index (χ4n) is 1.04. The maximum atomic E-state index is 11.1. The fraction of sp³-hybridized carbons (Fsp3) is 0.286. The van der Waals surface area contributed by atoms with Crippen molar-refractivity contribution in [2.75, 3.05) is 10.6 Å². The summed E-state index contributed by atoms with van der Waals surface area (Å²) in [6.45, 7) is 1.84. The minimum absolute atomic E-state index is 0.0416. The fourth-order valence-corrected chi connectivity index (χ4v) is 1.79. The number of nitrogens with one attached hydrogen (secondary N) is 2. The monoisotopic (exact) mass is 168 g/mol. The lowest BCUT2D eigenvalue weighted by Gasteiger charge is -2.20. The smallest absolute Gasteiger partial charge is 0.247 e. The Bertz CT molecular complexity index is 294. The standard InChI is InChI=1S/C7H8N2OS/c1-4-6(10)9-7-5(8-4)2-3-11-7/h2-4,8H,1H3,(H,9,10). The molecular formula is C7H8N2OS. The van der Waals surface area contributed by atoms with Crippen LogP contribution in [0.5, 0.6) is 0 Å². The zero-order valence-electron chi connectivity index (χ0n) is 6.05. The minimum atomic E-state index is -0.114. The lowest BCUT2D eigenvalue weighted by atomic mass is 10.2. The van der Waals surface area contributed by atoms with E-state index in [0.29, 0.717) is 0 Å². The molecule has 1 atom stereocenters. The number of hydrogen-bond donors (Lipinski definition) is 2. The highest BCUT2D eigenvalue weighted by Crippen LogP contribution is 2.31. The Hall–Kier alpha value is -1.03.